The Bertz CT molecular complexity index is 1110. The first-order valence-corrected chi connectivity index (χ1v) is 14.4. The Morgan fingerprint density at radius 1 is 1.03 bits per heavy atom. The number of sulfonamides is 1. The zero-order valence-corrected chi connectivity index (χ0v) is 21.5. The molecule has 2 aliphatic rings. The molecule has 3 heterocycles. The lowest BCUT2D eigenvalue weighted by Crippen LogP contribution is -2.41. The maximum absolute atomic E-state index is 13.2. The van der Waals surface area contributed by atoms with Crippen LogP contribution in [0.15, 0.2) is 39.9 Å². The Labute approximate surface area is 206 Å². The third-order valence-electron chi connectivity index (χ3n) is 6.94. The summed E-state index contributed by atoms with van der Waals surface area (Å²) in [6, 6.07) is 9.30. The highest BCUT2D eigenvalue weighted by atomic mass is 32.2. The lowest BCUT2D eigenvalue weighted by molar-refractivity contribution is -0.120. The van der Waals surface area contributed by atoms with E-state index in [2.05, 4.69) is 19.2 Å². The van der Waals surface area contributed by atoms with Crippen molar-refractivity contribution in [2.45, 2.75) is 50.2 Å². The molecule has 9 heteroatoms. The van der Waals surface area contributed by atoms with E-state index in [-0.39, 0.29) is 21.9 Å². The van der Waals surface area contributed by atoms with Crippen LogP contribution in [-0.4, -0.2) is 55.6 Å². The second-order valence-electron chi connectivity index (χ2n) is 9.35. The summed E-state index contributed by atoms with van der Waals surface area (Å²) in [5.74, 6) is 0.237. The van der Waals surface area contributed by atoms with Crippen LogP contribution in [0.5, 0.6) is 0 Å². The van der Waals surface area contributed by atoms with Crippen molar-refractivity contribution >= 4 is 38.9 Å². The van der Waals surface area contributed by atoms with Crippen LogP contribution in [0.25, 0.3) is 0 Å². The molecule has 0 atom stereocenters. The zero-order valence-electron chi connectivity index (χ0n) is 19.8. The van der Waals surface area contributed by atoms with E-state index in [1.807, 2.05) is 29.2 Å². The fourth-order valence-electron chi connectivity index (χ4n) is 4.51. The average Bonchev–Trinajstić information content (AvgIpc) is 3.36. The number of likely N-dealkylation sites (tertiary alicyclic amines) is 1. The zero-order chi connectivity index (χ0) is 24.3. The molecule has 2 aromatic rings. The molecule has 2 aliphatic heterocycles. The van der Waals surface area contributed by atoms with Crippen LogP contribution in [0.2, 0.25) is 0 Å². The number of amides is 2. The van der Waals surface area contributed by atoms with E-state index in [1.54, 1.807) is 5.38 Å². The molecule has 0 aliphatic carbocycles. The third kappa shape index (κ3) is 5.53. The molecular formula is C25H33N3O4S2. The summed E-state index contributed by atoms with van der Waals surface area (Å²) >= 11 is 1.10. The quantitative estimate of drug-likeness (QED) is 0.639. The van der Waals surface area contributed by atoms with E-state index in [0.717, 1.165) is 49.4 Å². The number of rotatable bonds is 6. The molecule has 0 spiro atoms. The SMILES string of the molecule is CCc1ccc(NC(=O)C2CCN(S(=O)(=O)c3cc(C(=O)N4CCC(C)CC4)cs3)CC2)cc1. The normalized spacial score (nSPS) is 18.7. The molecule has 2 fully saturated rings. The van der Waals surface area contributed by atoms with Gasteiger partial charge in [-0.1, -0.05) is 26.0 Å². The van der Waals surface area contributed by atoms with Crippen LogP contribution in [0.4, 0.5) is 5.69 Å². The highest BCUT2D eigenvalue weighted by molar-refractivity contribution is 7.91. The molecule has 1 aromatic heterocycles. The minimum absolute atomic E-state index is 0.0684. The number of carbonyl (C=O) groups excluding carboxylic acids is 2. The molecule has 0 radical (unpaired) electrons. The maximum atomic E-state index is 13.2. The topological polar surface area (TPSA) is 86.8 Å². The van der Waals surface area contributed by atoms with Crippen molar-refractivity contribution in [2.24, 2.45) is 11.8 Å². The van der Waals surface area contributed by atoms with Gasteiger partial charge in [-0.25, -0.2) is 8.42 Å². The molecule has 1 aromatic carbocycles. The lowest BCUT2D eigenvalue weighted by Gasteiger charge is -2.30. The van der Waals surface area contributed by atoms with Gasteiger partial charge in [-0.3, -0.25) is 9.59 Å². The smallest absolute Gasteiger partial charge is 0.254 e. The first-order chi connectivity index (χ1) is 16.3. The standard InChI is InChI=1S/C25H33N3O4S2/c1-3-19-4-6-22(7-5-19)26-24(29)20-10-14-28(15-11-20)34(31,32)23-16-21(17-33-23)25(30)27-12-8-18(2)9-13-27/h4-7,16-18,20H,3,8-15H2,1-2H3,(H,26,29). The van der Waals surface area contributed by atoms with Crippen molar-refractivity contribution in [1.29, 1.82) is 0 Å². The maximum Gasteiger partial charge on any atom is 0.254 e. The van der Waals surface area contributed by atoms with Crippen molar-refractivity contribution in [2.75, 3.05) is 31.5 Å². The molecule has 2 amide bonds. The molecule has 2 saturated heterocycles. The predicted octanol–water partition coefficient (Wildman–Crippen LogP) is 4.22. The summed E-state index contributed by atoms with van der Waals surface area (Å²) in [6.07, 6.45) is 3.85. The van der Waals surface area contributed by atoms with Crippen molar-refractivity contribution in [1.82, 2.24) is 9.21 Å². The predicted molar refractivity (Wildman–Crippen MR) is 135 cm³/mol. The summed E-state index contributed by atoms with van der Waals surface area (Å²) < 4.78 is 28.0. The number of carbonyl (C=O) groups is 2. The number of piperidine rings is 2. The number of anilines is 1. The number of thiophene rings is 1. The van der Waals surface area contributed by atoms with Crippen LogP contribution in [0.3, 0.4) is 0 Å². The number of hydrogen-bond acceptors (Lipinski definition) is 5. The van der Waals surface area contributed by atoms with E-state index in [1.165, 1.54) is 15.9 Å². The van der Waals surface area contributed by atoms with E-state index < -0.39 is 10.0 Å². The fourth-order valence-corrected chi connectivity index (χ4v) is 7.29. The number of hydrogen-bond donors (Lipinski definition) is 1. The van der Waals surface area contributed by atoms with Gasteiger partial charge >= 0.3 is 0 Å². The van der Waals surface area contributed by atoms with Crippen LogP contribution in [0, 0.1) is 11.8 Å². The van der Waals surface area contributed by atoms with Gasteiger partial charge in [-0.2, -0.15) is 4.31 Å². The molecule has 4 rings (SSSR count). The number of nitrogens with zero attached hydrogens (tertiary/aromatic N) is 2. The molecule has 0 bridgehead atoms. The highest BCUT2D eigenvalue weighted by Gasteiger charge is 2.33. The van der Waals surface area contributed by atoms with Crippen LogP contribution in [-0.2, 0) is 21.2 Å². The van der Waals surface area contributed by atoms with Crippen molar-refractivity contribution in [3.05, 3.63) is 46.8 Å². The van der Waals surface area contributed by atoms with E-state index in [4.69, 9.17) is 0 Å². The number of benzene rings is 1. The van der Waals surface area contributed by atoms with Crippen LogP contribution in [0.1, 0.15) is 55.5 Å². The third-order valence-corrected chi connectivity index (χ3v) is 10.3. The van der Waals surface area contributed by atoms with E-state index >= 15 is 0 Å². The second kappa shape index (κ2) is 10.6. The van der Waals surface area contributed by atoms with Gasteiger partial charge < -0.3 is 10.2 Å². The molecule has 0 saturated carbocycles. The Hall–Kier alpha value is -2.23. The van der Waals surface area contributed by atoms with Gasteiger partial charge in [0.1, 0.15) is 4.21 Å². The Morgan fingerprint density at radius 2 is 1.68 bits per heavy atom. The van der Waals surface area contributed by atoms with Gasteiger partial charge in [0.15, 0.2) is 0 Å². The van der Waals surface area contributed by atoms with Crippen molar-refractivity contribution in [3.8, 4) is 0 Å². The van der Waals surface area contributed by atoms with Crippen molar-refractivity contribution < 1.29 is 18.0 Å². The minimum Gasteiger partial charge on any atom is -0.339 e. The minimum atomic E-state index is -3.68. The van der Waals surface area contributed by atoms with Gasteiger partial charge in [0.25, 0.3) is 15.9 Å². The second-order valence-corrected chi connectivity index (χ2v) is 12.4. The van der Waals surface area contributed by atoms with Gasteiger partial charge in [0.2, 0.25) is 5.91 Å². The average molecular weight is 504 g/mol. The van der Waals surface area contributed by atoms with Crippen molar-refractivity contribution in [3.63, 3.8) is 0 Å². The lowest BCUT2D eigenvalue weighted by atomic mass is 9.97. The molecule has 1 N–H and O–H groups in total. The molecule has 0 unspecified atom stereocenters. The summed E-state index contributed by atoms with van der Waals surface area (Å²) in [7, 11) is -3.68. The van der Waals surface area contributed by atoms with Gasteiger partial charge in [0.05, 0.1) is 5.56 Å². The monoisotopic (exact) mass is 503 g/mol. The fraction of sp³-hybridized carbons (Fsp3) is 0.520. The Kier molecular flexibility index (Phi) is 7.74. The van der Waals surface area contributed by atoms with E-state index in [9.17, 15) is 18.0 Å². The van der Waals surface area contributed by atoms with Crippen LogP contribution >= 0.6 is 11.3 Å². The number of aryl methyl sites for hydroxylation is 1. The van der Waals surface area contributed by atoms with Gasteiger partial charge in [0, 0.05) is 43.2 Å². The van der Waals surface area contributed by atoms with E-state index in [0.29, 0.717) is 37.4 Å². The van der Waals surface area contributed by atoms with Gasteiger partial charge in [-0.05, 0) is 61.8 Å². The van der Waals surface area contributed by atoms with Crippen LogP contribution < -0.4 is 5.32 Å². The summed E-state index contributed by atoms with van der Waals surface area (Å²) in [4.78, 5) is 27.3. The molecular weight excluding hydrogens is 470 g/mol. The summed E-state index contributed by atoms with van der Waals surface area (Å²) in [6.45, 7) is 6.29. The Morgan fingerprint density at radius 3 is 2.29 bits per heavy atom. The number of nitrogens with one attached hydrogen (secondary N) is 1. The first-order valence-electron chi connectivity index (χ1n) is 12.1. The largest absolute Gasteiger partial charge is 0.339 e. The molecule has 7 nitrogen and oxygen atoms in total. The van der Waals surface area contributed by atoms with Gasteiger partial charge in [-0.15, -0.1) is 11.3 Å². The molecule has 184 valence electrons. The highest BCUT2D eigenvalue weighted by Crippen LogP contribution is 2.29. The first kappa shape index (κ1) is 24.9. The summed E-state index contributed by atoms with van der Waals surface area (Å²) in [5.41, 5.74) is 2.41. The summed E-state index contributed by atoms with van der Waals surface area (Å²) in [5, 5.41) is 4.60. The Balaban J connectivity index is 1.33. The molecule has 34 heavy (non-hydrogen) atoms.